The van der Waals surface area contributed by atoms with Crippen molar-refractivity contribution in [2.75, 3.05) is 32.7 Å². The highest BCUT2D eigenvalue weighted by Crippen LogP contribution is 2.11. The lowest BCUT2D eigenvalue weighted by atomic mass is 10.1. The van der Waals surface area contributed by atoms with E-state index in [9.17, 15) is 9.90 Å². The topological polar surface area (TPSA) is 55.8 Å². The zero-order chi connectivity index (χ0) is 17.4. The Bertz CT molecular complexity index is 493. The number of rotatable bonds is 7. The fourth-order valence-corrected chi connectivity index (χ4v) is 3.09. The number of carbonyl (C=O) groups is 1. The van der Waals surface area contributed by atoms with Crippen molar-refractivity contribution in [2.45, 2.75) is 45.3 Å². The normalized spacial score (nSPS) is 16.0. The minimum Gasteiger partial charge on any atom is -0.389 e. The second kappa shape index (κ2) is 9.04. The Hall–Kier alpha value is -1.59. The molecule has 0 radical (unpaired) electrons. The second-order valence-corrected chi connectivity index (χ2v) is 7.29. The van der Waals surface area contributed by atoms with Crippen LogP contribution >= 0.6 is 0 Å². The highest BCUT2D eigenvalue weighted by Gasteiger charge is 2.22. The lowest BCUT2D eigenvalue weighted by Gasteiger charge is -2.30. The van der Waals surface area contributed by atoms with Crippen LogP contribution in [0, 0.1) is 0 Å². The molecule has 24 heavy (non-hydrogen) atoms. The molecule has 1 aromatic carbocycles. The highest BCUT2D eigenvalue weighted by molar-refractivity contribution is 5.74. The molecule has 1 aromatic rings. The molecular formula is C19H31N3O2. The second-order valence-electron chi connectivity index (χ2n) is 7.29. The maximum atomic E-state index is 12.6. The summed E-state index contributed by atoms with van der Waals surface area (Å²) < 4.78 is 0. The largest absolute Gasteiger partial charge is 0.389 e. The third kappa shape index (κ3) is 6.89. The van der Waals surface area contributed by atoms with Gasteiger partial charge in [-0.15, -0.1) is 0 Å². The van der Waals surface area contributed by atoms with Gasteiger partial charge in [-0.05, 0) is 45.3 Å². The molecule has 134 valence electrons. The first-order chi connectivity index (χ1) is 11.4. The van der Waals surface area contributed by atoms with Crippen molar-refractivity contribution in [1.29, 1.82) is 0 Å². The van der Waals surface area contributed by atoms with Crippen molar-refractivity contribution in [3.05, 3.63) is 35.9 Å². The first-order valence-electron chi connectivity index (χ1n) is 8.95. The summed E-state index contributed by atoms with van der Waals surface area (Å²) in [6, 6.07) is 9.77. The Kier molecular flexibility index (Phi) is 7.06. The third-order valence-electron chi connectivity index (χ3n) is 4.23. The maximum Gasteiger partial charge on any atom is 0.317 e. The smallest absolute Gasteiger partial charge is 0.317 e. The first kappa shape index (κ1) is 18.7. The molecule has 1 aliphatic rings. The van der Waals surface area contributed by atoms with Gasteiger partial charge in [-0.2, -0.15) is 0 Å². The summed E-state index contributed by atoms with van der Waals surface area (Å²) in [6.07, 6.45) is 3.83. The van der Waals surface area contributed by atoms with E-state index in [1.54, 1.807) is 18.7 Å². The molecule has 1 heterocycles. The van der Waals surface area contributed by atoms with E-state index in [2.05, 4.69) is 10.2 Å². The van der Waals surface area contributed by atoms with Crippen molar-refractivity contribution in [1.82, 2.24) is 15.1 Å². The molecule has 2 amide bonds. The molecule has 0 spiro atoms. The van der Waals surface area contributed by atoms with Gasteiger partial charge in [0.15, 0.2) is 0 Å². The summed E-state index contributed by atoms with van der Waals surface area (Å²) in [4.78, 5) is 16.6. The van der Waals surface area contributed by atoms with Crippen molar-refractivity contribution in [2.24, 2.45) is 0 Å². The van der Waals surface area contributed by atoms with Crippen molar-refractivity contribution >= 4 is 6.03 Å². The first-order valence-corrected chi connectivity index (χ1v) is 8.95. The zero-order valence-electron chi connectivity index (χ0n) is 15.0. The van der Waals surface area contributed by atoms with E-state index in [0.29, 0.717) is 19.6 Å². The summed E-state index contributed by atoms with van der Waals surface area (Å²) in [5.41, 5.74) is 0.145. The summed E-state index contributed by atoms with van der Waals surface area (Å²) >= 11 is 0. The Morgan fingerprint density at radius 3 is 2.50 bits per heavy atom. The molecule has 0 atom stereocenters. The fourth-order valence-electron chi connectivity index (χ4n) is 3.09. The van der Waals surface area contributed by atoms with Gasteiger partial charge in [0.05, 0.1) is 12.1 Å². The van der Waals surface area contributed by atoms with Gasteiger partial charge >= 0.3 is 6.03 Å². The van der Waals surface area contributed by atoms with Crippen molar-refractivity contribution in [3.63, 3.8) is 0 Å². The van der Waals surface area contributed by atoms with Gasteiger partial charge < -0.3 is 20.2 Å². The number of nitrogens with one attached hydrogen (secondary N) is 1. The van der Waals surface area contributed by atoms with Gasteiger partial charge in [-0.3, -0.25) is 0 Å². The highest BCUT2D eigenvalue weighted by atomic mass is 16.3. The Labute approximate surface area is 145 Å². The number of carbonyl (C=O) groups excluding carboxylic acids is 1. The van der Waals surface area contributed by atoms with Crippen LogP contribution in [0.15, 0.2) is 30.3 Å². The number of hydrogen-bond acceptors (Lipinski definition) is 3. The number of hydrogen-bond donors (Lipinski definition) is 2. The lowest BCUT2D eigenvalue weighted by molar-refractivity contribution is 0.0446. The fraction of sp³-hybridized carbons (Fsp3) is 0.632. The predicted octanol–water partition coefficient (Wildman–Crippen LogP) is 2.46. The average molecular weight is 333 g/mol. The lowest BCUT2D eigenvalue weighted by Crippen LogP contribution is -2.48. The number of piperidine rings is 1. The minimum atomic E-state index is -0.918. The van der Waals surface area contributed by atoms with E-state index in [0.717, 1.165) is 25.2 Å². The molecule has 5 heteroatoms. The zero-order valence-corrected chi connectivity index (χ0v) is 15.0. The van der Waals surface area contributed by atoms with Crippen molar-refractivity contribution in [3.8, 4) is 0 Å². The number of likely N-dealkylation sites (tertiary alicyclic amines) is 1. The van der Waals surface area contributed by atoms with Gasteiger partial charge in [-0.25, -0.2) is 4.79 Å². The molecule has 1 fully saturated rings. The number of benzene rings is 1. The molecule has 0 saturated carbocycles. The Balaban J connectivity index is 1.86. The molecule has 2 N–H and O–H groups in total. The van der Waals surface area contributed by atoms with Gasteiger partial charge in [0, 0.05) is 19.6 Å². The Morgan fingerprint density at radius 1 is 1.21 bits per heavy atom. The van der Waals surface area contributed by atoms with E-state index in [1.807, 2.05) is 30.3 Å². The van der Waals surface area contributed by atoms with Crippen molar-refractivity contribution < 1.29 is 9.90 Å². The third-order valence-corrected chi connectivity index (χ3v) is 4.23. The van der Waals surface area contributed by atoms with Crippen LogP contribution < -0.4 is 5.32 Å². The van der Waals surface area contributed by atoms with Crippen LogP contribution in [0.25, 0.3) is 0 Å². The van der Waals surface area contributed by atoms with E-state index in [-0.39, 0.29) is 6.03 Å². The number of aliphatic hydroxyl groups is 1. The average Bonchev–Trinajstić information content (AvgIpc) is 2.55. The number of urea groups is 1. The number of nitrogens with zero attached hydrogens (tertiary/aromatic N) is 2. The number of amides is 2. The summed E-state index contributed by atoms with van der Waals surface area (Å²) in [6.45, 7) is 8.07. The van der Waals surface area contributed by atoms with E-state index in [1.165, 1.54) is 19.3 Å². The Morgan fingerprint density at radius 2 is 1.88 bits per heavy atom. The molecule has 0 bridgehead atoms. The molecule has 2 rings (SSSR count). The SMILES string of the molecule is CC(C)(O)CN(Cc1ccccc1)C(=O)NCCN1CCCCC1. The van der Waals surface area contributed by atoms with Gasteiger partial charge in [0.2, 0.25) is 0 Å². The van der Waals surface area contributed by atoms with E-state index < -0.39 is 5.60 Å². The molecule has 0 unspecified atom stereocenters. The van der Waals surface area contributed by atoms with Crippen LogP contribution in [0.4, 0.5) is 4.79 Å². The maximum absolute atomic E-state index is 12.6. The van der Waals surface area contributed by atoms with E-state index >= 15 is 0 Å². The minimum absolute atomic E-state index is 0.113. The van der Waals surface area contributed by atoms with Crippen LogP contribution in [-0.2, 0) is 6.54 Å². The van der Waals surface area contributed by atoms with Gasteiger partial charge in [-0.1, -0.05) is 36.8 Å². The quantitative estimate of drug-likeness (QED) is 0.806. The molecule has 0 aliphatic carbocycles. The molecular weight excluding hydrogens is 302 g/mol. The standard InChI is InChI=1S/C19H31N3O2/c1-19(2,24)16-22(15-17-9-5-3-6-10-17)18(23)20-11-14-21-12-7-4-8-13-21/h3,5-6,9-10,24H,4,7-8,11-16H2,1-2H3,(H,20,23). The van der Waals surface area contributed by atoms with E-state index in [4.69, 9.17) is 0 Å². The van der Waals surface area contributed by atoms with Gasteiger partial charge in [0.25, 0.3) is 0 Å². The summed E-state index contributed by atoms with van der Waals surface area (Å²) in [5.74, 6) is 0. The van der Waals surface area contributed by atoms with Crippen LogP contribution in [0.1, 0.15) is 38.7 Å². The summed E-state index contributed by atoms with van der Waals surface area (Å²) in [7, 11) is 0. The van der Waals surface area contributed by atoms with Crippen LogP contribution in [0.2, 0.25) is 0 Å². The van der Waals surface area contributed by atoms with Crippen LogP contribution in [-0.4, -0.2) is 59.3 Å². The summed E-state index contributed by atoms with van der Waals surface area (Å²) in [5, 5.41) is 13.1. The van der Waals surface area contributed by atoms with Crippen LogP contribution in [0.5, 0.6) is 0 Å². The molecule has 1 aliphatic heterocycles. The van der Waals surface area contributed by atoms with Gasteiger partial charge in [0.1, 0.15) is 0 Å². The molecule has 5 nitrogen and oxygen atoms in total. The predicted molar refractivity (Wildman–Crippen MR) is 96.8 cm³/mol. The molecule has 0 aromatic heterocycles. The molecule has 1 saturated heterocycles. The van der Waals surface area contributed by atoms with Crippen LogP contribution in [0.3, 0.4) is 0 Å². The monoisotopic (exact) mass is 333 g/mol.